The molecule has 0 bridgehead atoms. The molecule has 0 amide bonds. The van der Waals surface area contributed by atoms with Crippen LogP contribution < -0.4 is 0 Å². The normalized spacial score (nSPS) is 11.0. The van der Waals surface area contributed by atoms with E-state index in [9.17, 15) is 4.79 Å². The molecule has 0 radical (unpaired) electrons. The van der Waals surface area contributed by atoms with Gasteiger partial charge in [0.2, 0.25) is 0 Å². The molecule has 0 aliphatic rings. The second kappa shape index (κ2) is 7.74. The van der Waals surface area contributed by atoms with E-state index >= 15 is 0 Å². The van der Waals surface area contributed by atoms with E-state index in [1.165, 1.54) is 0 Å². The first-order valence-corrected chi connectivity index (χ1v) is 6.47. The first-order chi connectivity index (χ1) is 9.86. The number of hydrogen-bond donors (Lipinski definition) is 0. The van der Waals surface area contributed by atoms with Gasteiger partial charge in [0.25, 0.3) is 0 Å². The Morgan fingerprint density at radius 2 is 1.55 bits per heavy atom. The zero-order valence-electron chi connectivity index (χ0n) is 11.1. The fourth-order valence-corrected chi connectivity index (χ4v) is 1.65. The lowest BCUT2D eigenvalue weighted by Gasteiger charge is -2.00. The zero-order chi connectivity index (χ0) is 14.0. The van der Waals surface area contributed by atoms with E-state index in [1.54, 1.807) is 18.2 Å². The van der Waals surface area contributed by atoms with Crippen molar-refractivity contribution in [1.29, 1.82) is 0 Å². The maximum Gasteiger partial charge on any atom is 0.338 e. The summed E-state index contributed by atoms with van der Waals surface area (Å²) < 4.78 is 5.12. The molecule has 0 atom stereocenters. The van der Waals surface area contributed by atoms with Crippen LogP contribution in [0.3, 0.4) is 0 Å². The molecule has 100 valence electrons. The lowest BCUT2D eigenvalue weighted by molar-refractivity contribution is 0.0549. The van der Waals surface area contributed by atoms with Crippen molar-refractivity contribution < 1.29 is 9.53 Å². The summed E-state index contributed by atoms with van der Waals surface area (Å²) >= 11 is 0. The molecule has 2 aromatic carbocycles. The minimum absolute atomic E-state index is 0.271. The molecule has 2 heteroatoms. The molecule has 0 N–H and O–H groups in total. The minimum atomic E-state index is -0.303. The topological polar surface area (TPSA) is 26.3 Å². The van der Waals surface area contributed by atoms with Crippen LogP contribution in [0.2, 0.25) is 0 Å². The van der Waals surface area contributed by atoms with E-state index in [0.717, 1.165) is 5.56 Å². The van der Waals surface area contributed by atoms with Crippen molar-refractivity contribution >= 4 is 12.0 Å². The molecule has 20 heavy (non-hydrogen) atoms. The molecular formula is C18H16O2. The van der Waals surface area contributed by atoms with Gasteiger partial charge in [-0.15, -0.1) is 0 Å². The summed E-state index contributed by atoms with van der Waals surface area (Å²) in [4.78, 5) is 11.6. The maximum absolute atomic E-state index is 11.6. The molecule has 0 unspecified atom stereocenters. The number of benzene rings is 2. The molecule has 2 rings (SSSR count). The minimum Gasteiger partial charge on any atom is -0.458 e. The van der Waals surface area contributed by atoms with Gasteiger partial charge in [0.1, 0.15) is 6.61 Å². The van der Waals surface area contributed by atoms with Gasteiger partial charge in [-0.1, -0.05) is 66.8 Å². The third-order valence-corrected chi connectivity index (χ3v) is 2.66. The Morgan fingerprint density at radius 3 is 2.25 bits per heavy atom. The summed E-state index contributed by atoms with van der Waals surface area (Å²) in [6, 6.07) is 19.0. The summed E-state index contributed by atoms with van der Waals surface area (Å²) in [5.74, 6) is -0.303. The van der Waals surface area contributed by atoms with Crippen molar-refractivity contribution in [3.05, 3.63) is 90.0 Å². The molecule has 0 fully saturated rings. The highest BCUT2D eigenvalue weighted by Crippen LogP contribution is 2.02. The van der Waals surface area contributed by atoms with Gasteiger partial charge >= 0.3 is 5.97 Å². The van der Waals surface area contributed by atoms with Crippen LogP contribution in [0, 0.1) is 0 Å². The second-order valence-corrected chi connectivity index (χ2v) is 4.16. The zero-order valence-corrected chi connectivity index (χ0v) is 11.1. The number of hydrogen-bond acceptors (Lipinski definition) is 2. The average Bonchev–Trinajstić information content (AvgIpc) is 2.52. The number of esters is 1. The Balaban J connectivity index is 1.75. The third-order valence-electron chi connectivity index (χ3n) is 2.66. The van der Waals surface area contributed by atoms with Gasteiger partial charge in [0.15, 0.2) is 0 Å². The van der Waals surface area contributed by atoms with Crippen LogP contribution in [-0.2, 0) is 4.74 Å². The highest BCUT2D eigenvalue weighted by atomic mass is 16.5. The van der Waals surface area contributed by atoms with E-state index in [2.05, 4.69) is 0 Å². The Bertz CT molecular complexity index is 583. The first-order valence-electron chi connectivity index (χ1n) is 6.47. The van der Waals surface area contributed by atoms with Crippen LogP contribution in [0.4, 0.5) is 0 Å². The average molecular weight is 264 g/mol. The van der Waals surface area contributed by atoms with Crippen LogP contribution in [0.5, 0.6) is 0 Å². The van der Waals surface area contributed by atoms with Crippen molar-refractivity contribution in [1.82, 2.24) is 0 Å². The highest BCUT2D eigenvalue weighted by molar-refractivity contribution is 5.89. The van der Waals surface area contributed by atoms with Crippen molar-refractivity contribution in [2.75, 3.05) is 6.61 Å². The predicted octanol–water partition coefficient (Wildman–Crippen LogP) is 4.11. The van der Waals surface area contributed by atoms with Crippen molar-refractivity contribution in [2.45, 2.75) is 0 Å². The van der Waals surface area contributed by atoms with E-state index in [1.807, 2.05) is 66.8 Å². The molecule has 0 aliphatic heterocycles. The lowest BCUT2D eigenvalue weighted by Crippen LogP contribution is -2.04. The summed E-state index contributed by atoms with van der Waals surface area (Å²) in [7, 11) is 0. The SMILES string of the molecule is O=C(OC/C=C/C=C/c1ccccc1)c1ccccc1. The van der Waals surface area contributed by atoms with E-state index in [0.29, 0.717) is 5.56 Å². The molecule has 0 aliphatic carbocycles. The molecule has 0 heterocycles. The molecule has 2 aromatic rings. The smallest absolute Gasteiger partial charge is 0.338 e. The Morgan fingerprint density at radius 1 is 0.900 bits per heavy atom. The van der Waals surface area contributed by atoms with Gasteiger partial charge in [0, 0.05) is 0 Å². The van der Waals surface area contributed by atoms with Crippen molar-refractivity contribution in [2.24, 2.45) is 0 Å². The third kappa shape index (κ3) is 4.58. The molecule has 0 saturated heterocycles. The van der Waals surface area contributed by atoms with Crippen molar-refractivity contribution in [3.63, 3.8) is 0 Å². The largest absolute Gasteiger partial charge is 0.458 e. The van der Waals surface area contributed by atoms with Gasteiger partial charge in [-0.05, 0) is 23.8 Å². The Labute approximate surface area is 119 Å². The number of allylic oxidation sites excluding steroid dienone is 2. The van der Waals surface area contributed by atoms with Crippen LogP contribution in [0.25, 0.3) is 6.08 Å². The Kier molecular flexibility index (Phi) is 5.35. The van der Waals surface area contributed by atoms with Gasteiger partial charge in [-0.25, -0.2) is 4.79 Å². The number of carbonyl (C=O) groups is 1. The Hall–Kier alpha value is -2.61. The number of carbonyl (C=O) groups excluding carboxylic acids is 1. The van der Waals surface area contributed by atoms with E-state index < -0.39 is 0 Å². The number of ether oxygens (including phenoxy) is 1. The molecule has 2 nitrogen and oxygen atoms in total. The fourth-order valence-electron chi connectivity index (χ4n) is 1.65. The molecule has 0 aromatic heterocycles. The van der Waals surface area contributed by atoms with E-state index in [-0.39, 0.29) is 12.6 Å². The molecular weight excluding hydrogens is 248 g/mol. The molecule has 0 spiro atoms. The van der Waals surface area contributed by atoms with Crippen LogP contribution >= 0.6 is 0 Å². The second-order valence-electron chi connectivity index (χ2n) is 4.16. The first kappa shape index (κ1) is 13.8. The standard InChI is InChI=1S/C18H16O2/c19-18(17-13-7-2-8-14-17)20-15-9-3-6-12-16-10-4-1-5-11-16/h1-14H,15H2/b9-3+,12-6+. The quantitative estimate of drug-likeness (QED) is 0.600. The lowest BCUT2D eigenvalue weighted by atomic mass is 10.2. The fraction of sp³-hybridized carbons (Fsp3) is 0.0556. The van der Waals surface area contributed by atoms with Crippen LogP contribution in [0.1, 0.15) is 15.9 Å². The van der Waals surface area contributed by atoms with Gasteiger partial charge in [-0.3, -0.25) is 0 Å². The van der Waals surface area contributed by atoms with Gasteiger partial charge in [-0.2, -0.15) is 0 Å². The number of rotatable bonds is 5. The summed E-state index contributed by atoms with van der Waals surface area (Å²) in [5, 5.41) is 0. The van der Waals surface area contributed by atoms with Crippen LogP contribution in [0.15, 0.2) is 78.9 Å². The summed E-state index contributed by atoms with van der Waals surface area (Å²) in [6.45, 7) is 0.271. The summed E-state index contributed by atoms with van der Waals surface area (Å²) in [6.07, 6.45) is 7.59. The van der Waals surface area contributed by atoms with E-state index in [4.69, 9.17) is 4.74 Å². The predicted molar refractivity (Wildman–Crippen MR) is 81.3 cm³/mol. The van der Waals surface area contributed by atoms with Crippen molar-refractivity contribution in [3.8, 4) is 0 Å². The van der Waals surface area contributed by atoms with Crippen LogP contribution in [-0.4, -0.2) is 12.6 Å². The summed E-state index contributed by atoms with van der Waals surface area (Å²) in [5.41, 5.74) is 1.71. The maximum atomic E-state index is 11.6. The van der Waals surface area contributed by atoms with Gasteiger partial charge in [0.05, 0.1) is 5.56 Å². The van der Waals surface area contributed by atoms with Gasteiger partial charge < -0.3 is 4.74 Å². The highest BCUT2D eigenvalue weighted by Gasteiger charge is 2.03. The monoisotopic (exact) mass is 264 g/mol. The molecule has 0 saturated carbocycles.